The van der Waals surface area contributed by atoms with Crippen molar-refractivity contribution in [2.24, 2.45) is 11.7 Å². The lowest BCUT2D eigenvalue weighted by Crippen LogP contribution is -2.31. The number of halogens is 1. The molecule has 0 radical (unpaired) electrons. The van der Waals surface area contributed by atoms with Gasteiger partial charge < -0.3 is 11.1 Å². The molecule has 1 unspecified atom stereocenters. The van der Waals surface area contributed by atoms with E-state index in [1.165, 1.54) is 18.9 Å². The SMILES string of the molecule is NCC(Nc1ccccc1F)C1CC1. The Hall–Kier alpha value is -1.09. The van der Waals surface area contributed by atoms with Crippen molar-refractivity contribution < 1.29 is 4.39 Å². The second-order valence-corrected chi connectivity index (χ2v) is 3.80. The van der Waals surface area contributed by atoms with E-state index in [4.69, 9.17) is 5.73 Å². The molecule has 14 heavy (non-hydrogen) atoms. The van der Waals surface area contributed by atoms with Gasteiger partial charge in [0, 0.05) is 12.6 Å². The first-order valence-electron chi connectivity index (χ1n) is 5.02. The van der Waals surface area contributed by atoms with Gasteiger partial charge in [-0.15, -0.1) is 0 Å². The van der Waals surface area contributed by atoms with Crippen molar-refractivity contribution in [3.63, 3.8) is 0 Å². The minimum absolute atomic E-state index is 0.202. The van der Waals surface area contributed by atoms with Crippen LogP contribution < -0.4 is 11.1 Å². The minimum Gasteiger partial charge on any atom is -0.378 e. The maximum Gasteiger partial charge on any atom is 0.146 e. The molecule has 0 aliphatic heterocycles. The molecule has 1 aromatic carbocycles. The highest BCUT2D eigenvalue weighted by Gasteiger charge is 2.30. The summed E-state index contributed by atoms with van der Waals surface area (Å²) in [6, 6.07) is 6.95. The Morgan fingerprint density at radius 2 is 2.14 bits per heavy atom. The van der Waals surface area contributed by atoms with Gasteiger partial charge in [-0.2, -0.15) is 0 Å². The third-order valence-corrected chi connectivity index (χ3v) is 2.66. The maximum atomic E-state index is 13.3. The van der Waals surface area contributed by atoms with Gasteiger partial charge >= 0.3 is 0 Å². The third-order valence-electron chi connectivity index (χ3n) is 2.66. The zero-order valence-corrected chi connectivity index (χ0v) is 8.04. The van der Waals surface area contributed by atoms with Crippen LogP contribution in [0.3, 0.4) is 0 Å². The standard InChI is InChI=1S/C11H15FN2/c12-9-3-1-2-4-10(9)14-11(7-13)8-5-6-8/h1-4,8,11,14H,5-7,13H2. The van der Waals surface area contributed by atoms with E-state index in [9.17, 15) is 4.39 Å². The number of anilines is 1. The van der Waals surface area contributed by atoms with Crippen LogP contribution in [-0.4, -0.2) is 12.6 Å². The number of benzene rings is 1. The Morgan fingerprint density at radius 3 is 2.71 bits per heavy atom. The second-order valence-electron chi connectivity index (χ2n) is 3.80. The molecule has 1 aromatic rings. The van der Waals surface area contributed by atoms with E-state index in [0.717, 1.165) is 0 Å². The lowest BCUT2D eigenvalue weighted by molar-refractivity contribution is 0.608. The smallest absolute Gasteiger partial charge is 0.146 e. The van der Waals surface area contributed by atoms with Gasteiger partial charge in [0.15, 0.2) is 0 Å². The zero-order valence-electron chi connectivity index (χ0n) is 8.04. The summed E-state index contributed by atoms with van der Waals surface area (Å²) in [5.41, 5.74) is 6.19. The fraction of sp³-hybridized carbons (Fsp3) is 0.455. The average molecular weight is 194 g/mol. The molecule has 0 amide bonds. The number of nitrogens with one attached hydrogen (secondary N) is 1. The highest BCUT2D eigenvalue weighted by molar-refractivity contribution is 5.45. The molecule has 0 spiro atoms. The van der Waals surface area contributed by atoms with Gasteiger partial charge in [0.2, 0.25) is 0 Å². The van der Waals surface area contributed by atoms with Crippen LogP contribution in [0.15, 0.2) is 24.3 Å². The molecule has 1 aliphatic carbocycles. The van der Waals surface area contributed by atoms with E-state index < -0.39 is 0 Å². The largest absolute Gasteiger partial charge is 0.378 e. The summed E-state index contributed by atoms with van der Waals surface area (Å²) in [6.45, 7) is 0.568. The number of nitrogens with two attached hydrogens (primary N) is 1. The predicted octanol–water partition coefficient (Wildman–Crippen LogP) is 1.97. The number of para-hydroxylation sites is 1. The van der Waals surface area contributed by atoms with E-state index in [1.54, 1.807) is 12.1 Å². The van der Waals surface area contributed by atoms with Crippen molar-refractivity contribution in [3.8, 4) is 0 Å². The molecule has 1 saturated carbocycles. The highest BCUT2D eigenvalue weighted by Crippen LogP contribution is 2.34. The molecule has 0 aromatic heterocycles. The minimum atomic E-state index is -0.202. The fourth-order valence-corrected chi connectivity index (χ4v) is 1.65. The van der Waals surface area contributed by atoms with Gasteiger partial charge in [-0.1, -0.05) is 12.1 Å². The van der Waals surface area contributed by atoms with E-state index in [1.807, 2.05) is 6.07 Å². The zero-order chi connectivity index (χ0) is 9.97. The van der Waals surface area contributed by atoms with Gasteiger partial charge in [0.25, 0.3) is 0 Å². The molecule has 3 heteroatoms. The third kappa shape index (κ3) is 2.04. The Morgan fingerprint density at radius 1 is 1.43 bits per heavy atom. The summed E-state index contributed by atoms with van der Waals surface area (Å²) in [5.74, 6) is 0.436. The first-order valence-corrected chi connectivity index (χ1v) is 5.02. The number of hydrogen-bond donors (Lipinski definition) is 2. The topological polar surface area (TPSA) is 38.0 Å². The molecule has 3 N–H and O–H groups in total. The van der Waals surface area contributed by atoms with E-state index in [-0.39, 0.29) is 11.9 Å². The van der Waals surface area contributed by atoms with Crippen molar-refractivity contribution in [1.29, 1.82) is 0 Å². The van der Waals surface area contributed by atoms with Gasteiger partial charge in [-0.25, -0.2) is 4.39 Å². The van der Waals surface area contributed by atoms with Crippen LogP contribution >= 0.6 is 0 Å². The molecule has 1 fully saturated rings. The highest BCUT2D eigenvalue weighted by atomic mass is 19.1. The Kier molecular flexibility index (Phi) is 2.68. The lowest BCUT2D eigenvalue weighted by atomic mass is 10.1. The van der Waals surface area contributed by atoms with Gasteiger partial charge in [-0.3, -0.25) is 0 Å². The molecule has 1 aliphatic rings. The molecule has 0 bridgehead atoms. The van der Waals surface area contributed by atoms with Crippen LogP contribution in [0.25, 0.3) is 0 Å². The molecule has 0 saturated heterocycles. The Balaban J connectivity index is 2.04. The molecular formula is C11H15FN2. The van der Waals surface area contributed by atoms with Crippen LogP contribution in [0.2, 0.25) is 0 Å². The fourth-order valence-electron chi connectivity index (χ4n) is 1.65. The first-order chi connectivity index (χ1) is 6.81. The van der Waals surface area contributed by atoms with Crippen LogP contribution in [0.5, 0.6) is 0 Å². The van der Waals surface area contributed by atoms with E-state index >= 15 is 0 Å². The monoisotopic (exact) mass is 194 g/mol. The molecule has 0 heterocycles. The van der Waals surface area contributed by atoms with Gasteiger partial charge in [-0.05, 0) is 30.9 Å². The van der Waals surface area contributed by atoms with Gasteiger partial charge in [0.1, 0.15) is 5.82 Å². The summed E-state index contributed by atoms with van der Waals surface area (Å²) < 4.78 is 13.3. The molecule has 76 valence electrons. The molecular weight excluding hydrogens is 179 g/mol. The normalized spacial score (nSPS) is 17.9. The van der Waals surface area contributed by atoms with Crippen LogP contribution in [-0.2, 0) is 0 Å². The van der Waals surface area contributed by atoms with Crippen LogP contribution in [0.4, 0.5) is 10.1 Å². The van der Waals surface area contributed by atoms with Gasteiger partial charge in [0.05, 0.1) is 5.69 Å². The van der Waals surface area contributed by atoms with Crippen molar-refractivity contribution in [2.75, 3.05) is 11.9 Å². The predicted molar refractivity (Wildman–Crippen MR) is 55.6 cm³/mol. The quantitative estimate of drug-likeness (QED) is 0.769. The summed E-state index contributed by atoms with van der Waals surface area (Å²) in [5, 5.41) is 3.16. The van der Waals surface area contributed by atoms with Crippen molar-refractivity contribution >= 4 is 5.69 Å². The maximum absolute atomic E-state index is 13.3. The summed E-state index contributed by atoms with van der Waals surface area (Å²) >= 11 is 0. The van der Waals surface area contributed by atoms with E-state index in [2.05, 4.69) is 5.32 Å². The Labute approximate surface area is 83.3 Å². The molecule has 2 rings (SSSR count). The van der Waals surface area contributed by atoms with Crippen molar-refractivity contribution in [3.05, 3.63) is 30.1 Å². The average Bonchev–Trinajstić information content (AvgIpc) is 3.00. The summed E-state index contributed by atoms with van der Waals surface area (Å²) in [4.78, 5) is 0. The van der Waals surface area contributed by atoms with E-state index in [0.29, 0.717) is 18.2 Å². The van der Waals surface area contributed by atoms with Crippen LogP contribution in [0.1, 0.15) is 12.8 Å². The van der Waals surface area contributed by atoms with Crippen LogP contribution in [0, 0.1) is 11.7 Å². The summed E-state index contributed by atoms with van der Waals surface area (Å²) in [7, 11) is 0. The molecule has 2 nitrogen and oxygen atoms in total. The number of hydrogen-bond acceptors (Lipinski definition) is 2. The number of rotatable bonds is 4. The second kappa shape index (κ2) is 3.96. The first kappa shape index (κ1) is 9.46. The van der Waals surface area contributed by atoms with Crippen molar-refractivity contribution in [2.45, 2.75) is 18.9 Å². The van der Waals surface area contributed by atoms with Crippen molar-refractivity contribution in [1.82, 2.24) is 0 Å². The lowest BCUT2D eigenvalue weighted by Gasteiger charge is -2.17. The Bertz CT molecular complexity index is 310. The molecule has 1 atom stereocenters. The summed E-state index contributed by atoms with van der Waals surface area (Å²) in [6.07, 6.45) is 2.42.